The normalized spacial score (nSPS) is 12.1. The summed E-state index contributed by atoms with van der Waals surface area (Å²) in [6.45, 7) is 3.30. The Kier molecular flexibility index (Phi) is 7.57. The number of hydrogen-bond donors (Lipinski definition) is 3. The number of hydrazine groups is 1. The van der Waals surface area contributed by atoms with Crippen LogP contribution >= 0.6 is 0 Å². The summed E-state index contributed by atoms with van der Waals surface area (Å²) in [6, 6.07) is 3.26. The molecule has 0 spiro atoms. The van der Waals surface area contributed by atoms with Gasteiger partial charge in [0.2, 0.25) is 21.8 Å². The summed E-state index contributed by atoms with van der Waals surface area (Å²) >= 11 is 0. The van der Waals surface area contributed by atoms with Crippen LogP contribution in [0.4, 0.5) is 13.2 Å². The molecule has 11 heteroatoms. The topological polar surface area (TPSA) is 104 Å². The van der Waals surface area contributed by atoms with E-state index in [1.807, 2.05) is 18.6 Å². The first kappa shape index (κ1) is 21.9. The number of nitrogens with one attached hydrogen (secondary N) is 3. The van der Waals surface area contributed by atoms with Gasteiger partial charge in [0.25, 0.3) is 0 Å². The van der Waals surface area contributed by atoms with Crippen molar-refractivity contribution >= 4 is 21.8 Å². The molecule has 0 aliphatic rings. The quantitative estimate of drug-likeness (QED) is 0.610. The second kappa shape index (κ2) is 8.99. The van der Waals surface area contributed by atoms with Crippen LogP contribution < -0.4 is 15.6 Å². The van der Waals surface area contributed by atoms with E-state index >= 15 is 0 Å². The number of amides is 2. The molecule has 1 rings (SSSR count). The minimum Gasteiger partial charge on any atom is -0.273 e. The molecule has 0 radical (unpaired) electrons. The maximum absolute atomic E-state index is 12.6. The van der Waals surface area contributed by atoms with E-state index in [0.29, 0.717) is 6.07 Å². The third kappa shape index (κ3) is 7.40. The van der Waals surface area contributed by atoms with Gasteiger partial charge in [-0.1, -0.05) is 19.9 Å². The number of alkyl halides is 3. The Hall–Kier alpha value is -2.14. The van der Waals surface area contributed by atoms with E-state index < -0.39 is 38.5 Å². The summed E-state index contributed by atoms with van der Waals surface area (Å²) in [5.74, 6) is -0.932. The Morgan fingerprint density at radius 1 is 1.12 bits per heavy atom. The van der Waals surface area contributed by atoms with Crippen LogP contribution in [0.15, 0.2) is 29.2 Å². The van der Waals surface area contributed by atoms with Crippen LogP contribution in [0.5, 0.6) is 0 Å². The van der Waals surface area contributed by atoms with Crippen molar-refractivity contribution in [2.24, 2.45) is 5.92 Å². The molecule has 0 saturated carbocycles. The van der Waals surface area contributed by atoms with Crippen molar-refractivity contribution in [1.29, 1.82) is 0 Å². The molecule has 3 N–H and O–H groups in total. The van der Waals surface area contributed by atoms with Crippen molar-refractivity contribution in [3.8, 4) is 0 Å². The predicted molar refractivity (Wildman–Crippen MR) is 87.0 cm³/mol. The van der Waals surface area contributed by atoms with Gasteiger partial charge in [0.15, 0.2) is 0 Å². The molecular weight excluding hydrogens is 375 g/mol. The molecule has 0 saturated heterocycles. The molecule has 26 heavy (non-hydrogen) atoms. The summed E-state index contributed by atoms with van der Waals surface area (Å²) < 4.78 is 64.0. The molecule has 0 bridgehead atoms. The van der Waals surface area contributed by atoms with Gasteiger partial charge in [-0.2, -0.15) is 13.2 Å². The third-order valence-corrected chi connectivity index (χ3v) is 4.51. The van der Waals surface area contributed by atoms with Crippen LogP contribution in [0.2, 0.25) is 0 Å². The van der Waals surface area contributed by atoms with Crippen molar-refractivity contribution in [1.82, 2.24) is 15.6 Å². The molecule has 0 atom stereocenters. The van der Waals surface area contributed by atoms with Crippen molar-refractivity contribution in [3.63, 3.8) is 0 Å². The Morgan fingerprint density at radius 3 is 2.31 bits per heavy atom. The number of benzene rings is 1. The Bertz CT molecular complexity index is 749. The van der Waals surface area contributed by atoms with Crippen molar-refractivity contribution < 1.29 is 31.2 Å². The maximum Gasteiger partial charge on any atom is 0.416 e. The van der Waals surface area contributed by atoms with E-state index in [2.05, 4.69) is 10.9 Å². The summed E-state index contributed by atoms with van der Waals surface area (Å²) in [6.07, 6.45) is -4.76. The van der Waals surface area contributed by atoms with Gasteiger partial charge in [0, 0.05) is 19.4 Å². The standard InChI is InChI=1S/C15H20F3N3O4S/c1-10(2)8-14(23)21-20-13(22)6-7-19-26(24,25)12-5-3-4-11(9-12)15(16,17)18/h3-5,9-10,19H,6-8H2,1-2H3,(H,20,22)(H,21,23). The Labute approximate surface area is 149 Å². The fraction of sp³-hybridized carbons (Fsp3) is 0.467. The van der Waals surface area contributed by atoms with E-state index in [4.69, 9.17) is 0 Å². The summed E-state index contributed by atoms with van der Waals surface area (Å²) in [5, 5.41) is 0. The van der Waals surface area contributed by atoms with E-state index in [1.54, 1.807) is 0 Å². The smallest absolute Gasteiger partial charge is 0.273 e. The van der Waals surface area contributed by atoms with Gasteiger partial charge in [-0.3, -0.25) is 20.4 Å². The SMILES string of the molecule is CC(C)CC(=O)NNC(=O)CCNS(=O)(=O)c1cccc(C(F)(F)F)c1. The van der Waals surface area contributed by atoms with E-state index in [9.17, 15) is 31.2 Å². The van der Waals surface area contributed by atoms with Crippen molar-refractivity contribution in [2.45, 2.75) is 37.8 Å². The average molecular weight is 395 g/mol. The summed E-state index contributed by atoms with van der Waals surface area (Å²) in [5.41, 5.74) is 3.21. The van der Waals surface area contributed by atoms with Crippen molar-refractivity contribution in [2.75, 3.05) is 6.54 Å². The first-order valence-electron chi connectivity index (χ1n) is 7.66. The first-order chi connectivity index (χ1) is 11.9. The number of carbonyl (C=O) groups is 2. The third-order valence-electron chi connectivity index (χ3n) is 3.05. The molecule has 7 nitrogen and oxygen atoms in total. The molecule has 1 aromatic rings. The second-order valence-electron chi connectivity index (χ2n) is 5.87. The summed E-state index contributed by atoms with van der Waals surface area (Å²) in [4.78, 5) is 22.3. The minimum absolute atomic E-state index is 0.103. The lowest BCUT2D eigenvalue weighted by Crippen LogP contribution is -2.43. The fourth-order valence-electron chi connectivity index (χ4n) is 1.85. The lowest BCUT2D eigenvalue weighted by Gasteiger charge is -2.11. The van der Waals surface area contributed by atoms with Crippen LogP contribution in [0.3, 0.4) is 0 Å². The number of rotatable bonds is 7. The van der Waals surface area contributed by atoms with E-state index in [-0.39, 0.29) is 25.3 Å². The van der Waals surface area contributed by atoms with Gasteiger partial charge in [0.05, 0.1) is 10.5 Å². The zero-order chi connectivity index (χ0) is 20.0. The van der Waals surface area contributed by atoms with Gasteiger partial charge in [-0.25, -0.2) is 13.1 Å². The van der Waals surface area contributed by atoms with Gasteiger partial charge in [-0.05, 0) is 24.1 Å². The fourth-order valence-corrected chi connectivity index (χ4v) is 2.92. The zero-order valence-corrected chi connectivity index (χ0v) is 15.0. The lowest BCUT2D eigenvalue weighted by molar-refractivity contribution is -0.137. The van der Waals surface area contributed by atoms with Gasteiger partial charge in [-0.15, -0.1) is 0 Å². The summed E-state index contributed by atoms with van der Waals surface area (Å²) in [7, 11) is -4.20. The largest absolute Gasteiger partial charge is 0.416 e. The lowest BCUT2D eigenvalue weighted by atomic mass is 10.1. The second-order valence-corrected chi connectivity index (χ2v) is 7.63. The molecular formula is C15H20F3N3O4S. The highest BCUT2D eigenvalue weighted by atomic mass is 32.2. The van der Waals surface area contributed by atoms with Crippen LogP contribution in [-0.2, 0) is 25.8 Å². The monoisotopic (exact) mass is 395 g/mol. The Morgan fingerprint density at radius 2 is 1.73 bits per heavy atom. The average Bonchev–Trinajstić information content (AvgIpc) is 2.51. The zero-order valence-electron chi connectivity index (χ0n) is 14.2. The molecule has 0 heterocycles. The highest BCUT2D eigenvalue weighted by molar-refractivity contribution is 7.89. The highest BCUT2D eigenvalue weighted by Gasteiger charge is 2.31. The minimum atomic E-state index is -4.67. The van der Waals surface area contributed by atoms with E-state index in [1.165, 1.54) is 0 Å². The van der Waals surface area contributed by atoms with Crippen LogP contribution in [0, 0.1) is 5.92 Å². The van der Waals surface area contributed by atoms with Gasteiger partial charge >= 0.3 is 6.18 Å². The Balaban J connectivity index is 2.54. The van der Waals surface area contributed by atoms with Crippen molar-refractivity contribution in [3.05, 3.63) is 29.8 Å². The first-order valence-corrected chi connectivity index (χ1v) is 9.14. The highest BCUT2D eigenvalue weighted by Crippen LogP contribution is 2.30. The van der Waals surface area contributed by atoms with Crippen LogP contribution in [0.25, 0.3) is 0 Å². The number of carbonyl (C=O) groups excluding carboxylic acids is 2. The molecule has 2 amide bonds. The molecule has 0 aliphatic heterocycles. The molecule has 0 fully saturated rings. The van der Waals surface area contributed by atoms with Crippen LogP contribution in [-0.4, -0.2) is 26.8 Å². The maximum atomic E-state index is 12.6. The van der Waals surface area contributed by atoms with Gasteiger partial charge < -0.3 is 0 Å². The van der Waals surface area contributed by atoms with E-state index in [0.717, 1.165) is 18.2 Å². The molecule has 146 valence electrons. The molecule has 0 aromatic heterocycles. The van der Waals surface area contributed by atoms with Gasteiger partial charge in [0.1, 0.15) is 0 Å². The number of sulfonamides is 1. The predicted octanol–water partition coefficient (Wildman–Crippen LogP) is 1.57. The molecule has 0 aliphatic carbocycles. The number of hydrogen-bond acceptors (Lipinski definition) is 4. The number of halogens is 3. The van der Waals surface area contributed by atoms with Crippen LogP contribution in [0.1, 0.15) is 32.3 Å². The molecule has 0 unspecified atom stereocenters. The molecule has 1 aromatic carbocycles.